The number of hydrogen-bond acceptors (Lipinski definition) is 3. The van der Waals surface area contributed by atoms with Gasteiger partial charge in [-0.15, -0.1) is 11.8 Å². The number of unbranched alkanes of at least 4 members (excludes halogenated alkanes) is 1. The molecule has 0 aliphatic rings. The molecule has 84 valence electrons. The quantitative estimate of drug-likeness (QED) is 0.457. The van der Waals surface area contributed by atoms with E-state index in [2.05, 4.69) is 13.0 Å². The van der Waals surface area contributed by atoms with Gasteiger partial charge >= 0.3 is 0 Å². The fraction of sp³-hybridized carbons (Fsp3) is 0.500. The Balaban J connectivity index is 2.62. The van der Waals surface area contributed by atoms with Crippen LogP contribution in [-0.2, 0) is 0 Å². The monoisotopic (exact) mass is 225 g/mol. The van der Waals surface area contributed by atoms with Crippen LogP contribution >= 0.6 is 11.8 Å². The molecule has 1 rings (SSSR count). The molecule has 2 N–H and O–H groups in total. The van der Waals surface area contributed by atoms with Crippen LogP contribution in [0.5, 0.6) is 5.75 Å². The number of hydrogen-bond donors (Lipinski definition) is 1. The molecular formula is C12H19NOS. The summed E-state index contributed by atoms with van der Waals surface area (Å²) in [7, 11) is 0. The average Bonchev–Trinajstić information content (AvgIpc) is 2.18. The summed E-state index contributed by atoms with van der Waals surface area (Å²) in [6.45, 7) is 4.86. The van der Waals surface area contributed by atoms with Crippen LogP contribution in [0.1, 0.15) is 26.7 Å². The first-order valence-corrected chi connectivity index (χ1v) is 6.41. The highest BCUT2D eigenvalue weighted by molar-refractivity contribution is 7.99. The topological polar surface area (TPSA) is 35.2 Å². The summed E-state index contributed by atoms with van der Waals surface area (Å²) in [5.74, 6) is 2.02. The minimum absolute atomic E-state index is 0.683. The van der Waals surface area contributed by atoms with Crippen LogP contribution < -0.4 is 10.5 Å². The normalized spacial score (nSPS) is 10.3. The van der Waals surface area contributed by atoms with E-state index < -0.39 is 0 Å². The van der Waals surface area contributed by atoms with Gasteiger partial charge in [-0.05, 0) is 31.2 Å². The number of anilines is 1. The maximum atomic E-state index is 5.80. The van der Waals surface area contributed by atoms with E-state index in [0.717, 1.165) is 17.2 Å². The first kappa shape index (κ1) is 12.2. The lowest BCUT2D eigenvalue weighted by atomic mass is 10.3. The average molecular weight is 225 g/mol. The van der Waals surface area contributed by atoms with Gasteiger partial charge in [0.15, 0.2) is 0 Å². The summed E-state index contributed by atoms with van der Waals surface area (Å²) in [6, 6.07) is 5.93. The molecule has 0 aliphatic carbocycles. The Morgan fingerprint density at radius 3 is 2.73 bits per heavy atom. The largest absolute Gasteiger partial charge is 0.494 e. The van der Waals surface area contributed by atoms with E-state index in [1.54, 1.807) is 0 Å². The highest BCUT2D eigenvalue weighted by Crippen LogP contribution is 2.27. The highest BCUT2D eigenvalue weighted by atomic mass is 32.2. The zero-order chi connectivity index (χ0) is 11.1. The molecule has 2 nitrogen and oxygen atoms in total. The predicted octanol–water partition coefficient (Wildman–Crippen LogP) is 3.56. The fourth-order valence-electron chi connectivity index (χ4n) is 1.26. The van der Waals surface area contributed by atoms with E-state index in [0.29, 0.717) is 6.61 Å². The Morgan fingerprint density at radius 1 is 1.27 bits per heavy atom. The van der Waals surface area contributed by atoms with Crippen LogP contribution in [0.25, 0.3) is 0 Å². The van der Waals surface area contributed by atoms with Crippen molar-refractivity contribution in [3.05, 3.63) is 18.2 Å². The van der Waals surface area contributed by atoms with Gasteiger partial charge in [0.2, 0.25) is 0 Å². The van der Waals surface area contributed by atoms with Gasteiger partial charge in [-0.2, -0.15) is 0 Å². The molecule has 0 aliphatic heterocycles. The minimum atomic E-state index is 0.683. The Kier molecular flexibility index (Phi) is 5.40. The maximum Gasteiger partial charge on any atom is 0.122 e. The van der Waals surface area contributed by atoms with Crippen molar-refractivity contribution in [1.29, 1.82) is 0 Å². The number of nitrogens with two attached hydrogens (primary N) is 1. The van der Waals surface area contributed by atoms with Crippen molar-refractivity contribution in [3.63, 3.8) is 0 Å². The molecule has 1 aromatic rings. The molecule has 0 aromatic heterocycles. The molecule has 0 spiro atoms. The molecule has 0 unspecified atom stereocenters. The van der Waals surface area contributed by atoms with Crippen molar-refractivity contribution in [2.24, 2.45) is 0 Å². The van der Waals surface area contributed by atoms with Crippen molar-refractivity contribution in [2.75, 3.05) is 18.1 Å². The van der Waals surface area contributed by atoms with E-state index in [9.17, 15) is 0 Å². The standard InChI is InChI=1S/C12H19NOS/c1-3-5-6-15-12-8-10(13)7-11(9-12)14-4-2/h7-9H,3-6,13H2,1-2H3. The zero-order valence-corrected chi connectivity index (χ0v) is 10.3. The third kappa shape index (κ3) is 4.47. The molecule has 0 radical (unpaired) electrons. The Hall–Kier alpha value is -0.830. The van der Waals surface area contributed by atoms with E-state index in [-0.39, 0.29) is 0 Å². The second kappa shape index (κ2) is 6.62. The summed E-state index contributed by atoms with van der Waals surface area (Å²) in [5.41, 5.74) is 6.58. The lowest BCUT2D eigenvalue weighted by Crippen LogP contribution is -1.94. The van der Waals surface area contributed by atoms with Crippen molar-refractivity contribution in [1.82, 2.24) is 0 Å². The van der Waals surface area contributed by atoms with Gasteiger partial charge in [0.25, 0.3) is 0 Å². The summed E-state index contributed by atoms with van der Waals surface area (Å²) in [4.78, 5) is 1.20. The van der Waals surface area contributed by atoms with Gasteiger partial charge in [-0.25, -0.2) is 0 Å². The van der Waals surface area contributed by atoms with Gasteiger partial charge in [0.1, 0.15) is 5.75 Å². The molecular weight excluding hydrogens is 206 g/mol. The summed E-state index contributed by atoms with van der Waals surface area (Å²) < 4.78 is 5.44. The zero-order valence-electron chi connectivity index (χ0n) is 9.45. The molecule has 0 bridgehead atoms. The Bertz CT molecular complexity index is 302. The van der Waals surface area contributed by atoms with Gasteiger partial charge < -0.3 is 10.5 Å². The lowest BCUT2D eigenvalue weighted by molar-refractivity contribution is 0.339. The first-order valence-electron chi connectivity index (χ1n) is 5.42. The van der Waals surface area contributed by atoms with Crippen molar-refractivity contribution < 1.29 is 4.74 Å². The van der Waals surface area contributed by atoms with Gasteiger partial charge in [-0.3, -0.25) is 0 Å². The van der Waals surface area contributed by atoms with Crippen LogP contribution in [0, 0.1) is 0 Å². The van der Waals surface area contributed by atoms with Crippen LogP contribution in [0.3, 0.4) is 0 Å². The summed E-state index contributed by atoms with van der Waals surface area (Å²) in [6.07, 6.45) is 2.47. The van der Waals surface area contributed by atoms with E-state index in [1.807, 2.05) is 30.8 Å². The molecule has 15 heavy (non-hydrogen) atoms. The summed E-state index contributed by atoms with van der Waals surface area (Å²) >= 11 is 1.84. The van der Waals surface area contributed by atoms with Crippen LogP contribution in [0.2, 0.25) is 0 Å². The highest BCUT2D eigenvalue weighted by Gasteiger charge is 2.00. The molecule has 0 fully saturated rings. The second-order valence-electron chi connectivity index (χ2n) is 3.37. The van der Waals surface area contributed by atoms with Crippen LogP contribution in [0.4, 0.5) is 5.69 Å². The number of benzene rings is 1. The van der Waals surface area contributed by atoms with E-state index in [4.69, 9.17) is 10.5 Å². The Morgan fingerprint density at radius 2 is 2.07 bits per heavy atom. The van der Waals surface area contributed by atoms with Gasteiger partial charge in [-0.1, -0.05) is 13.3 Å². The van der Waals surface area contributed by atoms with Crippen LogP contribution in [-0.4, -0.2) is 12.4 Å². The third-order valence-electron chi connectivity index (χ3n) is 1.98. The third-order valence-corrected chi connectivity index (χ3v) is 3.04. The molecule has 0 heterocycles. The van der Waals surface area contributed by atoms with E-state index in [1.165, 1.54) is 17.7 Å². The van der Waals surface area contributed by atoms with Crippen molar-refractivity contribution in [2.45, 2.75) is 31.6 Å². The molecule has 0 atom stereocenters. The SMILES string of the molecule is CCCCSc1cc(N)cc(OCC)c1. The maximum absolute atomic E-state index is 5.80. The number of thioether (sulfide) groups is 1. The van der Waals surface area contributed by atoms with Crippen LogP contribution in [0.15, 0.2) is 23.1 Å². The number of nitrogen functional groups attached to an aromatic ring is 1. The smallest absolute Gasteiger partial charge is 0.122 e. The predicted molar refractivity (Wildman–Crippen MR) is 67.7 cm³/mol. The fourth-order valence-corrected chi connectivity index (χ4v) is 2.35. The van der Waals surface area contributed by atoms with Crippen molar-refractivity contribution >= 4 is 17.4 Å². The molecule has 1 aromatic carbocycles. The summed E-state index contributed by atoms with van der Waals surface area (Å²) in [5, 5.41) is 0. The molecule has 3 heteroatoms. The molecule has 0 saturated carbocycles. The van der Waals surface area contributed by atoms with Gasteiger partial charge in [0, 0.05) is 16.6 Å². The first-order chi connectivity index (χ1) is 7.26. The van der Waals surface area contributed by atoms with Crippen molar-refractivity contribution in [3.8, 4) is 5.75 Å². The minimum Gasteiger partial charge on any atom is -0.494 e. The number of ether oxygens (including phenoxy) is 1. The number of rotatable bonds is 6. The molecule has 0 saturated heterocycles. The van der Waals surface area contributed by atoms with Gasteiger partial charge in [0.05, 0.1) is 6.61 Å². The Labute approximate surface area is 96.2 Å². The van der Waals surface area contributed by atoms with E-state index >= 15 is 0 Å². The lowest BCUT2D eigenvalue weighted by Gasteiger charge is -2.07. The molecule has 0 amide bonds. The second-order valence-corrected chi connectivity index (χ2v) is 4.54.